The number of rotatable bonds is 4. The van der Waals surface area contributed by atoms with Crippen molar-refractivity contribution in [3.05, 3.63) is 59.1 Å². The van der Waals surface area contributed by atoms with E-state index in [-0.39, 0.29) is 28.2 Å². The van der Waals surface area contributed by atoms with Crippen LogP contribution >= 0.6 is 0 Å². The van der Waals surface area contributed by atoms with Gasteiger partial charge >= 0.3 is 5.97 Å². The second kappa shape index (κ2) is 7.92. The van der Waals surface area contributed by atoms with E-state index in [2.05, 4.69) is 36.6 Å². The number of fused-ring (bicyclic) bond motifs is 1. The van der Waals surface area contributed by atoms with E-state index in [4.69, 9.17) is 5.73 Å². The molecule has 4 aromatic rings. The van der Waals surface area contributed by atoms with Crippen LogP contribution in [0.25, 0.3) is 16.7 Å². The second-order valence-corrected chi connectivity index (χ2v) is 6.92. The van der Waals surface area contributed by atoms with Gasteiger partial charge in [0.1, 0.15) is 29.8 Å². The molecule has 10 nitrogen and oxygen atoms in total. The summed E-state index contributed by atoms with van der Waals surface area (Å²) in [5, 5.41) is 27.0. The molecule has 0 unspecified atom stereocenters. The lowest BCUT2D eigenvalue weighted by Gasteiger charge is -2.12. The van der Waals surface area contributed by atoms with Crippen LogP contribution in [0.15, 0.2) is 35.3 Å². The molecule has 4 N–H and O–H groups in total. The number of carbonyl (C=O) groups is 1. The highest BCUT2D eigenvalue weighted by Crippen LogP contribution is 2.31. The molecule has 4 rings (SSSR count). The van der Waals surface area contributed by atoms with Gasteiger partial charge in [-0.05, 0) is 19.1 Å². The van der Waals surface area contributed by atoms with E-state index in [9.17, 15) is 28.2 Å². The molecule has 1 atom stereocenters. The lowest BCUT2D eigenvalue weighted by atomic mass is 10.0. The molecule has 1 aromatic carbocycles. The van der Waals surface area contributed by atoms with Crippen molar-refractivity contribution in [2.75, 3.05) is 5.73 Å². The topological polar surface area (TPSA) is 153 Å². The molecule has 3 aromatic heterocycles. The predicted octanol–water partition coefficient (Wildman–Crippen LogP) is 2.42. The zero-order valence-electron chi connectivity index (χ0n) is 16.6. The maximum absolute atomic E-state index is 14.9. The van der Waals surface area contributed by atoms with Crippen LogP contribution < -0.4 is 5.73 Å². The Bertz CT molecular complexity index is 1440. The number of nitrogen functional groups attached to an aromatic ring is 1. The largest absolute Gasteiger partial charge is 0.478 e. The van der Waals surface area contributed by atoms with Crippen molar-refractivity contribution in [2.24, 2.45) is 0 Å². The Labute approximate surface area is 182 Å². The Morgan fingerprint density at radius 2 is 2.09 bits per heavy atom. The van der Waals surface area contributed by atoms with Gasteiger partial charge in [0.05, 0.1) is 22.2 Å². The molecular formula is C20H13F3N6O4. The SMILES string of the molecule is C[C@@](O)(C#Cc1cc(-n2nc(C(F)F)c3c(N)ncnc32)cc(C(=O)O)c1F)c1ccon1. The summed E-state index contributed by atoms with van der Waals surface area (Å²) in [5.41, 5.74) is 1.63. The normalized spacial score (nSPS) is 13.0. The number of halogens is 3. The fourth-order valence-electron chi connectivity index (χ4n) is 3.03. The van der Waals surface area contributed by atoms with E-state index >= 15 is 0 Å². The molecule has 0 aliphatic carbocycles. The van der Waals surface area contributed by atoms with Crippen LogP contribution in [0.2, 0.25) is 0 Å². The number of alkyl halides is 2. The monoisotopic (exact) mass is 458 g/mol. The molecule has 0 fully saturated rings. The van der Waals surface area contributed by atoms with E-state index in [1.807, 2.05) is 0 Å². The number of carboxylic acid groups (broad SMARTS) is 1. The molecule has 13 heteroatoms. The minimum absolute atomic E-state index is 0.0387. The van der Waals surface area contributed by atoms with E-state index in [0.29, 0.717) is 0 Å². The van der Waals surface area contributed by atoms with Gasteiger partial charge in [-0.25, -0.2) is 32.6 Å². The molecule has 0 aliphatic rings. The lowest BCUT2D eigenvalue weighted by Crippen LogP contribution is -2.19. The maximum atomic E-state index is 14.9. The number of aliphatic hydroxyl groups is 1. The van der Waals surface area contributed by atoms with Crippen molar-refractivity contribution in [2.45, 2.75) is 19.0 Å². The maximum Gasteiger partial charge on any atom is 0.338 e. The van der Waals surface area contributed by atoms with Gasteiger partial charge in [-0.1, -0.05) is 17.0 Å². The minimum atomic E-state index is -3.04. The number of aromatic nitrogens is 5. The van der Waals surface area contributed by atoms with Crippen molar-refractivity contribution >= 4 is 22.8 Å². The zero-order valence-corrected chi connectivity index (χ0v) is 16.6. The highest BCUT2D eigenvalue weighted by atomic mass is 19.3. The van der Waals surface area contributed by atoms with Crippen LogP contribution in [-0.4, -0.2) is 41.1 Å². The van der Waals surface area contributed by atoms with E-state index in [1.165, 1.54) is 19.3 Å². The summed E-state index contributed by atoms with van der Waals surface area (Å²) >= 11 is 0. The fraction of sp³-hybridized carbons (Fsp3) is 0.150. The number of aromatic carboxylic acids is 1. The molecule has 0 aliphatic heterocycles. The van der Waals surface area contributed by atoms with E-state index in [1.54, 1.807) is 0 Å². The van der Waals surface area contributed by atoms with E-state index in [0.717, 1.165) is 23.1 Å². The minimum Gasteiger partial charge on any atom is -0.478 e. The van der Waals surface area contributed by atoms with Gasteiger partial charge in [0, 0.05) is 6.07 Å². The lowest BCUT2D eigenvalue weighted by molar-refractivity contribution is 0.0691. The Kier molecular flexibility index (Phi) is 5.22. The average Bonchev–Trinajstić information content (AvgIpc) is 3.42. The summed E-state index contributed by atoms with van der Waals surface area (Å²) in [4.78, 5) is 19.2. The molecule has 0 bridgehead atoms. The molecular weight excluding hydrogens is 445 g/mol. The Hall–Kier alpha value is -4.44. The number of anilines is 1. The van der Waals surface area contributed by atoms with Crippen LogP contribution in [0.4, 0.5) is 19.0 Å². The van der Waals surface area contributed by atoms with Gasteiger partial charge in [-0.3, -0.25) is 0 Å². The Balaban J connectivity index is 1.94. The molecule has 168 valence electrons. The number of benzene rings is 1. The van der Waals surface area contributed by atoms with Crippen LogP contribution in [0, 0.1) is 17.7 Å². The quantitative estimate of drug-likeness (QED) is 0.391. The van der Waals surface area contributed by atoms with Gasteiger partial charge in [0.15, 0.2) is 17.1 Å². The molecule has 0 saturated carbocycles. The van der Waals surface area contributed by atoms with Crippen molar-refractivity contribution in [3.8, 4) is 17.5 Å². The molecule has 0 saturated heterocycles. The summed E-state index contributed by atoms with van der Waals surface area (Å²) in [6.45, 7) is 1.27. The summed E-state index contributed by atoms with van der Waals surface area (Å²) in [6.07, 6.45) is -0.826. The number of carboxylic acids is 1. The summed E-state index contributed by atoms with van der Waals surface area (Å²) in [5.74, 6) is 1.66. The highest BCUT2D eigenvalue weighted by Gasteiger charge is 2.26. The molecule has 33 heavy (non-hydrogen) atoms. The van der Waals surface area contributed by atoms with Crippen LogP contribution in [0.3, 0.4) is 0 Å². The van der Waals surface area contributed by atoms with Gasteiger partial charge in [0.25, 0.3) is 6.43 Å². The van der Waals surface area contributed by atoms with Crippen LogP contribution in [-0.2, 0) is 5.60 Å². The van der Waals surface area contributed by atoms with Crippen LogP contribution in [0.5, 0.6) is 0 Å². The standard InChI is InChI=1S/C20H13F3N6O4/c1-20(32,12-3-5-33-28-12)4-2-9-6-10(7-11(14(9)21)19(30)31)29-18-13(15(27-29)16(22)23)17(24)25-8-26-18/h3,5-8,16,32H,1H3,(H,30,31)(H2,24,25,26)/t20-/m1/s1. The van der Waals surface area contributed by atoms with E-state index < -0.39 is 40.6 Å². The summed E-state index contributed by atoms with van der Waals surface area (Å²) < 4.78 is 47.5. The Morgan fingerprint density at radius 3 is 2.73 bits per heavy atom. The van der Waals surface area contributed by atoms with Crippen LogP contribution in [0.1, 0.15) is 40.7 Å². The van der Waals surface area contributed by atoms with Gasteiger partial charge in [0.2, 0.25) is 0 Å². The first-order valence-corrected chi connectivity index (χ1v) is 9.11. The fourth-order valence-corrected chi connectivity index (χ4v) is 3.03. The van der Waals surface area contributed by atoms with Crippen molar-refractivity contribution in [3.63, 3.8) is 0 Å². The summed E-state index contributed by atoms with van der Waals surface area (Å²) in [7, 11) is 0. The molecule has 3 heterocycles. The summed E-state index contributed by atoms with van der Waals surface area (Å²) in [6, 6.07) is 3.31. The number of nitrogens with two attached hydrogens (primary N) is 1. The molecule has 0 amide bonds. The average molecular weight is 458 g/mol. The molecule has 0 spiro atoms. The van der Waals surface area contributed by atoms with Gasteiger partial charge in [-0.2, -0.15) is 5.10 Å². The van der Waals surface area contributed by atoms with Crippen molar-refractivity contribution < 1.29 is 32.7 Å². The first kappa shape index (κ1) is 21.8. The number of hydrogen-bond donors (Lipinski definition) is 3. The van der Waals surface area contributed by atoms with Crippen molar-refractivity contribution in [1.82, 2.24) is 24.9 Å². The third-order valence-electron chi connectivity index (χ3n) is 4.64. The third kappa shape index (κ3) is 3.83. The van der Waals surface area contributed by atoms with Gasteiger partial charge < -0.3 is 20.5 Å². The highest BCUT2D eigenvalue weighted by molar-refractivity contribution is 5.91. The number of nitrogens with zero attached hydrogens (tertiary/aromatic N) is 5. The predicted molar refractivity (Wildman–Crippen MR) is 106 cm³/mol. The first-order chi connectivity index (χ1) is 15.6. The third-order valence-corrected chi connectivity index (χ3v) is 4.64. The first-order valence-electron chi connectivity index (χ1n) is 9.11. The van der Waals surface area contributed by atoms with Gasteiger partial charge in [-0.15, -0.1) is 0 Å². The Morgan fingerprint density at radius 1 is 1.33 bits per heavy atom. The second-order valence-electron chi connectivity index (χ2n) is 6.92. The molecule has 0 radical (unpaired) electrons. The zero-order chi connectivity index (χ0) is 23.9. The number of hydrogen-bond acceptors (Lipinski definition) is 8. The van der Waals surface area contributed by atoms with Crippen molar-refractivity contribution in [1.29, 1.82) is 0 Å². The smallest absolute Gasteiger partial charge is 0.338 e.